The van der Waals surface area contributed by atoms with Gasteiger partial charge in [0.25, 0.3) is 0 Å². The van der Waals surface area contributed by atoms with Crippen LogP contribution in [0.1, 0.15) is 6.92 Å². The standard InChI is InChI=1S/C16H11FN8O/c1-8(26)21-16-23-13(15-19-7-20-25-15)12-14(24-16)18-6-11(22-12)9-2-4-10(17)5-3-9/h2-7H,1H3,(H,19,20,25)(H,18,21,23,24,26). The molecule has 0 saturated heterocycles. The SMILES string of the molecule is CC(=O)Nc1nc(-c2nc[nH]n2)c2nc(-c3ccc(F)cc3)cnc2n1. The summed E-state index contributed by atoms with van der Waals surface area (Å²) in [6.07, 6.45) is 2.92. The van der Waals surface area contributed by atoms with Crippen LogP contribution in [0.5, 0.6) is 0 Å². The van der Waals surface area contributed by atoms with Crippen molar-refractivity contribution in [3.63, 3.8) is 0 Å². The van der Waals surface area contributed by atoms with Crippen LogP contribution >= 0.6 is 0 Å². The Labute approximate surface area is 145 Å². The van der Waals surface area contributed by atoms with Gasteiger partial charge in [-0.25, -0.2) is 24.3 Å². The fraction of sp³-hybridized carbons (Fsp3) is 0.0625. The van der Waals surface area contributed by atoms with Crippen LogP contribution in [0.15, 0.2) is 36.8 Å². The van der Waals surface area contributed by atoms with Gasteiger partial charge in [-0.1, -0.05) is 0 Å². The topological polar surface area (TPSA) is 122 Å². The number of H-pyrrole nitrogens is 1. The average molecular weight is 350 g/mol. The molecule has 0 spiro atoms. The number of anilines is 1. The minimum Gasteiger partial charge on any atom is -0.295 e. The van der Waals surface area contributed by atoms with E-state index in [1.54, 1.807) is 12.1 Å². The van der Waals surface area contributed by atoms with Crippen molar-refractivity contribution in [3.05, 3.63) is 42.6 Å². The molecular formula is C16H11FN8O. The molecule has 4 rings (SSSR count). The highest BCUT2D eigenvalue weighted by Crippen LogP contribution is 2.25. The van der Waals surface area contributed by atoms with Crippen LogP contribution in [0, 0.1) is 5.82 Å². The predicted octanol–water partition coefficient (Wildman–Crippen LogP) is 1.97. The van der Waals surface area contributed by atoms with Gasteiger partial charge >= 0.3 is 0 Å². The molecule has 0 bridgehead atoms. The van der Waals surface area contributed by atoms with Gasteiger partial charge in [0.15, 0.2) is 5.65 Å². The normalized spacial score (nSPS) is 10.8. The molecule has 9 nitrogen and oxygen atoms in total. The molecule has 0 aliphatic rings. The Hall–Kier alpha value is -3.82. The molecule has 0 saturated carbocycles. The number of carbonyl (C=O) groups is 1. The Morgan fingerprint density at radius 1 is 1.12 bits per heavy atom. The number of amides is 1. The Balaban J connectivity index is 1.92. The van der Waals surface area contributed by atoms with Crippen molar-refractivity contribution in [2.45, 2.75) is 6.92 Å². The summed E-state index contributed by atoms with van der Waals surface area (Å²) < 4.78 is 13.1. The fourth-order valence-electron chi connectivity index (χ4n) is 2.36. The van der Waals surface area contributed by atoms with Crippen LogP contribution in [0.2, 0.25) is 0 Å². The van der Waals surface area contributed by atoms with Gasteiger partial charge in [0, 0.05) is 12.5 Å². The van der Waals surface area contributed by atoms with Crippen molar-refractivity contribution in [1.82, 2.24) is 35.1 Å². The van der Waals surface area contributed by atoms with Gasteiger partial charge in [0.1, 0.15) is 23.4 Å². The van der Waals surface area contributed by atoms with E-state index in [1.807, 2.05) is 0 Å². The first-order valence-electron chi connectivity index (χ1n) is 7.54. The van der Waals surface area contributed by atoms with Crippen molar-refractivity contribution in [2.75, 3.05) is 5.32 Å². The Bertz CT molecular complexity index is 1100. The molecule has 2 N–H and O–H groups in total. The number of nitrogens with zero attached hydrogens (tertiary/aromatic N) is 6. The number of aromatic nitrogens is 7. The third-order valence-corrected chi connectivity index (χ3v) is 3.46. The van der Waals surface area contributed by atoms with Crippen LogP contribution in [0.3, 0.4) is 0 Å². The van der Waals surface area contributed by atoms with Gasteiger partial charge in [0.05, 0.1) is 11.9 Å². The molecule has 0 aliphatic carbocycles. The highest BCUT2D eigenvalue weighted by atomic mass is 19.1. The molecule has 0 radical (unpaired) electrons. The van der Waals surface area contributed by atoms with E-state index in [1.165, 1.54) is 31.6 Å². The number of hydrogen-bond acceptors (Lipinski definition) is 7. The quantitative estimate of drug-likeness (QED) is 0.579. The lowest BCUT2D eigenvalue weighted by Gasteiger charge is -2.07. The van der Waals surface area contributed by atoms with Gasteiger partial charge < -0.3 is 0 Å². The maximum Gasteiger partial charge on any atom is 0.232 e. The summed E-state index contributed by atoms with van der Waals surface area (Å²) in [6.45, 7) is 1.35. The molecular weight excluding hydrogens is 339 g/mol. The van der Waals surface area contributed by atoms with E-state index in [0.717, 1.165) is 0 Å². The molecule has 1 aromatic carbocycles. The lowest BCUT2D eigenvalue weighted by molar-refractivity contribution is -0.114. The number of hydrogen-bond donors (Lipinski definition) is 2. The van der Waals surface area contributed by atoms with Crippen molar-refractivity contribution in [3.8, 4) is 22.8 Å². The monoisotopic (exact) mass is 350 g/mol. The summed E-state index contributed by atoms with van der Waals surface area (Å²) >= 11 is 0. The van der Waals surface area contributed by atoms with Gasteiger partial charge in [-0.3, -0.25) is 15.2 Å². The fourth-order valence-corrected chi connectivity index (χ4v) is 2.36. The third-order valence-electron chi connectivity index (χ3n) is 3.46. The molecule has 0 atom stereocenters. The zero-order valence-electron chi connectivity index (χ0n) is 13.4. The summed E-state index contributed by atoms with van der Waals surface area (Å²) in [4.78, 5) is 32.7. The van der Waals surface area contributed by atoms with E-state index in [-0.39, 0.29) is 29.1 Å². The number of fused-ring (bicyclic) bond motifs is 1. The first kappa shape index (κ1) is 15.7. The van der Waals surface area contributed by atoms with E-state index >= 15 is 0 Å². The minimum atomic E-state index is -0.341. The average Bonchev–Trinajstić information content (AvgIpc) is 3.15. The second-order valence-electron chi connectivity index (χ2n) is 5.33. The maximum absolute atomic E-state index is 13.1. The highest BCUT2D eigenvalue weighted by molar-refractivity contribution is 5.91. The molecule has 0 fully saturated rings. The Morgan fingerprint density at radius 3 is 2.62 bits per heavy atom. The van der Waals surface area contributed by atoms with Crippen LogP contribution in [-0.2, 0) is 4.79 Å². The molecule has 0 unspecified atom stereocenters. The van der Waals surface area contributed by atoms with Crippen molar-refractivity contribution in [2.24, 2.45) is 0 Å². The number of rotatable bonds is 3. The highest BCUT2D eigenvalue weighted by Gasteiger charge is 2.16. The lowest BCUT2D eigenvalue weighted by atomic mass is 10.1. The van der Waals surface area contributed by atoms with Crippen LogP contribution < -0.4 is 5.32 Å². The summed E-state index contributed by atoms with van der Waals surface area (Å²) in [5.41, 5.74) is 2.16. The molecule has 26 heavy (non-hydrogen) atoms. The molecule has 1 amide bonds. The molecule has 10 heteroatoms. The molecule has 3 aromatic heterocycles. The smallest absolute Gasteiger partial charge is 0.232 e. The zero-order chi connectivity index (χ0) is 18.1. The molecule has 128 valence electrons. The summed E-state index contributed by atoms with van der Waals surface area (Å²) in [6, 6.07) is 5.88. The first-order valence-corrected chi connectivity index (χ1v) is 7.54. The second kappa shape index (κ2) is 6.24. The van der Waals surface area contributed by atoms with Gasteiger partial charge in [-0.05, 0) is 24.3 Å². The van der Waals surface area contributed by atoms with Gasteiger partial charge in [0.2, 0.25) is 17.7 Å². The van der Waals surface area contributed by atoms with Gasteiger partial charge in [-0.2, -0.15) is 10.1 Å². The number of carbonyl (C=O) groups excluding carboxylic acids is 1. The van der Waals surface area contributed by atoms with E-state index in [9.17, 15) is 9.18 Å². The summed E-state index contributed by atoms with van der Waals surface area (Å²) in [5, 5.41) is 9.14. The third kappa shape index (κ3) is 2.95. The van der Waals surface area contributed by atoms with Gasteiger partial charge in [-0.15, -0.1) is 0 Å². The predicted molar refractivity (Wildman–Crippen MR) is 90.2 cm³/mol. The number of benzene rings is 1. The molecule has 0 aliphatic heterocycles. The minimum absolute atomic E-state index is 0.0774. The Morgan fingerprint density at radius 2 is 1.92 bits per heavy atom. The summed E-state index contributed by atoms with van der Waals surface area (Å²) in [5.74, 6) is -0.295. The van der Waals surface area contributed by atoms with E-state index in [4.69, 9.17) is 0 Å². The number of nitrogens with one attached hydrogen (secondary N) is 2. The molecule has 3 heterocycles. The van der Waals surface area contributed by atoms with Crippen LogP contribution in [0.25, 0.3) is 33.9 Å². The van der Waals surface area contributed by atoms with E-state index < -0.39 is 0 Å². The number of halogens is 1. The van der Waals surface area contributed by atoms with E-state index in [2.05, 4.69) is 40.4 Å². The largest absolute Gasteiger partial charge is 0.295 e. The first-order chi connectivity index (χ1) is 12.6. The second-order valence-corrected chi connectivity index (χ2v) is 5.33. The van der Waals surface area contributed by atoms with Crippen molar-refractivity contribution in [1.29, 1.82) is 0 Å². The van der Waals surface area contributed by atoms with Crippen molar-refractivity contribution < 1.29 is 9.18 Å². The van der Waals surface area contributed by atoms with E-state index in [0.29, 0.717) is 22.5 Å². The maximum atomic E-state index is 13.1. The van der Waals surface area contributed by atoms with Crippen molar-refractivity contribution >= 4 is 23.0 Å². The van der Waals surface area contributed by atoms with Crippen LogP contribution in [0.4, 0.5) is 10.3 Å². The summed E-state index contributed by atoms with van der Waals surface area (Å²) in [7, 11) is 0. The van der Waals surface area contributed by atoms with Crippen LogP contribution in [-0.4, -0.2) is 41.0 Å². The zero-order valence-corrected chi connectivity index (χ0v) is 13.4. The Kier molecular flexibility index (Phi) is 3.77. The molecule has 4 aromatic rings. The number of aromatic amines is 1. The lowest BCUT2D eigenvalue weighted by Crippen LogP contribution is -2.11.